The molecule has 0 aliphatic rings. The predicted octanol–water partition coefficient (Wildman–Crippen LogP) is 3.34. The van der Waals surface area contributed by atoms with E-state index < -0.39 is 0 Å². The van der Waals surface area contributed by atoms with Gasteiger partial charge in [-0.25, -0.2) is 0 Å². The number of hydrogen-bond acceptors (Lipinski definition) is 5. The number of nitrogen functional groups attached to an aromatic ring is 1. The number of pyridine rings is 1. The lowest BCUT2D eigenvalue weighted by molar-refractivity contribution is 0.432. The van der Waals surface area contributed by atoms with Crippen molar-refractivity contribution in [3.8, 4) is 22.8 Å². The van der Waals surface area contributed by atoms with Crippen molar-refractivity contribution in [1.82, 2.24) is 15.1 Å². The quantitative estimate of drug-likeness (QED) is 0.731. The van der Waals surface area contributed by atoms with E-state index in [4.69, 9.17) is 21.9 Å². The molecule has 0 saturated heterocycles. The molecule has 0 aliphatic heterocycles. The number of rotatable bonds is 2. The molecule has 3 aromatic rings. The van der Waals surface area contributed by atoms with Crippen molar-refractivity contribution in [2.24, 2.45) is 0 Å². The Labute approximate surface area is 120 Å². The van der Waals surface area contributed by atoms with Crippen LogP contribution in [0.5, 0.6) is 0 Å². The smallest absolute Gasteiger partial charge is 0.260 e. The molecule has 2 N–H and O–H groups in total. The Morgan fingerprint density at radius 1 is 1.20 bits per heavy atom. The summed E-state index contributed by atoms with van der Waals surface area (Å²) in [6.45, 7) is 1.94. The molecule has 20 heavy (non-hydrogen) atoms. The molecule has 0 atom stereocenters. The SMILES string of the molecule is Cc1cnccc1-c1noc(-c2cc(Cl)ccc2N)n1. The van der Waals surface area contributed by atoms with Crippen LogP contribution in [-0.4, -0.2) is 15.1 Å². The number of anilines is 1. The third-order valence-corrected chi connectivity index (χ3v) is 3.17. The minimum atomic E-state index is 0.344. The molecule has 0 unspecified atom stereocenters. The Bertz CT molecular complexity index is 769. The zero-order valence-corrected chi connectivity index (χ0v) is 11.4. The lowest BCUT2D eigenvalue weighted by Gasteiger charge is -2.00. The maximum atomic E-state index is 5.96. The Hall–Kier alpha value is -2.40. The van der Waals surface area contributed by atoms with Crippen molar-refractivity contribution >= 4 is 17.3 Å². The van der Waals surface area contributed by atoms with Gasteiger partial charge in [-0.1, -0.05) is 16.8 Å². The maximum Gasteiger partial charge on any atom is 0.260 e. The van der Waals surface area contributed by atoms with Crippen LogP contribution >= 0.6 is 11.6 Å². The van der Waals surface area contributed by atoms with E-state index in [2.05, 4.69) is 15.1 Å². The largest absolute Gasteiger partial charge is 0.398 e. The molecule has 0 bridgehead atoms. The van der Waals surface area contributed by atoms with E-state index in [9.17, 15) is 0 Å². The van der Waals surface area contributed by atoms with Gasteiger partial charge >= 0.3 is 0 Å². The molecule has 2 aromatic heterocycles. The van der Waals surface area contributed by atoms with Crippen LogP contribution < -0.4 is 5.73 Å². The summed E-state index contributed by atoms with van der Waals surface area (Å²) >= 11 is 5.96. The summed E-state index contributed by atoms with van der Waals surface area (Å²) in [5.74, 6) is 0.843. The lowest BCUT2D eigenvalue weighted by atomic mass is 10.1. The van der Waals surface area contributed by atoms with E-state index >= 15 is 0 Å². The van der Waals surface area contributed by atoms with Crippen molar-refractivity contribution < 1.29 is 4.52 Å². The van der Waals surface area contributed by atoms with E-state index in [1.165, 1.54) is 0 Å². The zero-order chi connectivity index (χ0) is 14.1. The van der Waals surface area contributed by atoms with Crippen LogP contribution in [0.3, 0.4) is 0 Å². The van der Waals surface area contributed by atoms with E-state index in [1.54, 1.807) is 30.6 Å². The zero-order valence-electron chi connectivity index (χ0n) is 10.7. The Balaban J connectivity index is 2.07. The summed E-state index contributed by atoms with van der Waals surface area (Å²) in [4.78, 5) is 8.41. The Kier molecular flexibility index (Phi) is 3.12. The molecule has 1 aromatic carbocycles. The van der Waals surface area contributed by atoms with Gasteiger partial charge in [0.25, 0.3) is 5.89 Å². The standard InChI is InChI=1S/C14H11ClN4O/c1-8-7-17-5-4-10(8)13-18-14(20-19-13)11-6-9(15)2-3-12(11)16/h2-7H,16H2,1H3. The average molecular weight is 287 g/mol. The van der Waals surface area contributed by atoms with E-state index in [0.717, 1.165) is 11.1 Å². The van der Waals surface area contributed by atoms with Crippen LogP contribution in [0.25, 0.3) is 22.8 Å². The summed E-state index contributed by atoms with van der Waals surface area (Å²) in [6.07, 6.45) is 3.44. The molecular formula is C14H11ClN4O. The maximum absolute atomic E-state index is 5.96. The molecule has 5 nitrogen and oxygen atoms in total. The van der Waals surface area contributed by atoms with Crippen LogP contribution in [-0.2, 0) is 0 Å². The number of benzene rings is 1. The normalized spacial score (nSPS) is 10.7. The Morgan fingerprint density at radius 3 is 2.85 bits per heavy atom. The van der Waals surface area contributed by atoms with Gasteiger partial charge in [0.2, 0.25) is 5.82 Å². The highest BCUT2D eigenvalue weighted by Crippen LogP contribution is 2.29. The molecule has 0 saturated carbocycles. The fourth-order valence-corrected chi connectivity index (χ4v) is 2.05. The molecule has 0 amide bonds. The third-order valence-electron chi connectivity index (χ3n) is 2.93. The second-order valence-electron chi connectivity index (χ2n) is 4.35. The van der Waals surface area contributed by atoms with Crippen LogP contribution in [0.2, 0.25) is 5.02 Å². The monoisotopic (exact) mass is 286 g/mol. The van der Waals surface area contributed by atoms with Gasteiger partial charge in [0.15, 0.2) is 0 Å². The first-order chi connectivity index (χ1) is 9.65. The highest BCUT2D eigenvalue weighted by Gasteiger charge is 2.14. The first-order valence-corrected chi connectivity index (χ1v) is 6.33. The first-order valence-electron chi connectivity index (χ1n) is 5.95. The summed E-state index contributed by atoms with van der Waals surface area (Å²) in [5, 5.41) is 4.55. The van der Waals surface area contributed by atoms with Crippen LogP contribution in [0.15, 0.2) is 41.2 Å². The number of aromatic nitrogens is 3. The fourth-order valence-electron chi connectivity index (χ4n) is 1.88. The lowest BCUT2D eigenvalue weighted by Crippen LogP contribution is -1.90. The molecule has 2 heterocycles. The molecular weight excluding hydrogens is 276 g/mol. The highest BCUT2D eigenvalue weighted by molar-refractivity contribution is 6.31. The van der Waals surface area contributed by atoms with Gasteiger partial charge in [-0.05, 0) is 36.8 Å². The highest BCUT2D eigenvalue weighted by atomic mass is 35.5. The molecule has 6 heteroatoms. The molecule has 100 valence electrons. The summed E-state index contributed by atoms with van der Waals surface area (Å²) in [7, 11) is 0. The van der Waals surface area contributed by atoms with Crippen molar-refractivity contribution in [1.29, 1.82) is 0 Å². The van der Waals surface area contributed by atoms with Gasteiger partial charge in [0.05, 0.1) is 5.56 Å². The van der Waals surface area contributed by atoms with E-state index in [1.807, 2.05) is 13.0 Å². The van der Waals surface area contributed by atoms with Crippen molar-refractivity contribution in [3.05, 3.63) is 47.2 Å². The molecule has 0 fully saturated rings. The first kappa shape index (κ1) is 12.6. The molecule has 3 rings (SSSR count). The van der Waals surface area contributed by atoms with Gasteiger partial charge in [-0.3, -0.25) is 4.98 Å². The second-order valence-corrected chi connectivity index (χ2v) is 4.78. The van der Waals surface area contributed by atoms with Gasteiger partial charge in [-0.2, -0.15) is 4.98 Å². The van der Waals surface area contributed by atoms with Crippen molar-refractivity contribution in [2.75, 3.05) is 5.73 Å². The number of aryl methyl sites for hydroxylation is 1. The molecule has 0 spiro atoms. The van der Waals surface area contributed by atoms with Crippen LogP contribution in [0.4, 0.5) is 5.69 Å². The van der Waals surface area contributed by atoms with Crippen molar-refractivity contribution in [2.45, 2.75) is 6.92 Å². The van der Waals surface area contributed by atoms with Crippen molar-refractivity contribution in [3.63, 3.8) is 0 Å². The predicted molar refractivity (Wildman–Crippen MR) is 77.1 cm³/mol. The third kappa shape index (κ3) is 2.23. The minimum Gasteiger partial charge on any atom is -0.398 e. The average Bonchev–Trinajstić information content (AvgIpc) is 2.91. The van der Waals surface area contributed by atoms with Gasteiger partial charge in [0, 0.05) is 28.7 Å². The van der Waals surface area contributed by atoms with Gasteiger partial charge in [0.1, 0.15) is 0 Å². The van der Waals surface area contributed by atoms with Crippen LogP contribution in [0, 0.1) is 6.92 Å². The number of halogens is 1. The summed E-state index contributed by atoms with van der Waals surface area (Å²) in [5.41, 5.74) is 8.91. The molecule has 0 aliphatic carbocycles. The number of nitrogens with zero attached hydrogens (tertiary/aromatic N) is 3. The second kappa shape index (κ2) is 4.94. The Morgan fingerprint density at radius 2 is 2.05 bits per heavy atom. The summed E-state index contributed by atoms with van der Waals surface area (Å²) in [6, 6.07) is 6.96. The number of nitrogens with two attached hydrogens (primary N) is 1. The summed E-state index contributed by atoms with van der Waals surface area (Å²) < 4.78 is 5.28. The van der Waals surface area contributed by atoms with Gasteiger partial charge in [-0.15, -0.1) is 0 Å². The minimum absolute atomic E-state index is 0.344. The van der Waals surface area contributed by atoms with Crippen LogP contribution in [0.1, 0.15) is 5.56 Å². The van der Waals surface area contributed by atoms with E-state index in [-0.39, 0.29) is 0 Å². The molecule has 0 radical (unpaired) electrons. The topological polar surface area (TPSA) is 77.8 Å². The number of hydrogen-bond donors (Lipinski definition) is 1. The van der Waals surface area contributed by atoms with E-state index in [0.29, 0.717) is 28.0 Å². The van der Waals surface area contributed by atoms with Gasteiger partial charge < -0.3 is 10.3 Å². The fraction of sp³-hybridized carbons (Fsp3) is 0.0714.